The zero-order chi connectivity index (χ0) is 19.2. The summed E-state index contributed by atoms with van der Waals surface area (Å²) in [5.74, 6) is 0. The maximum absolute atomic E-state index is 9.88. The van der Waals surface area contributed by atoms with Gasteiger partial charge in [-0.3, -0.25) is 0 Å². The molecule has 0 saturated carbocycles. The Kier molecular flexibility index (Phi) is 38.1. The van der Waals surface area contributed by atoms with E-state index in [4.69, 9.17) is 13.6 Å². The van der Waals surface area contributed by atoms with E-state index in [1.807, 2.05) is 30.3 Å². The SMILES string of the molecule is CO[P+](=O)OC.CO[P+](=O)OC.CO[PH+](OC)OC.[Co].c1cc[cH-]c1. The summed E-state index contributed by atoms with van der Waals surface area (Å²) in [5.41, 5.74) is 0. The van der Waals surface area contributed by atoms with Crippen LogP contribution in [0.25, 0.3) is 0 Å². The van der Waals surface area contributed by atoms with Crippen LogP contribution in [0.5, 0.6) is 0 Å². The minimum Gasteiger partial charge on any atom is -0.214 e. The Labute approximate surface area is 163 Å². The summed E-state index contributed by atoms with van der Waals surface area (Å²) < 4.78 is 50.6. The molecule has 0 aliphatic carbocycles. The summed E-state index contributed by atoms with van der Waals surface area (Å²) in [6.45, 7) is 0. The molecule has 1 aromatic carbocycles. The molecule has 0 saturated heterocycles. The first-order chi connectivity index (χ1) is 11.5. The van der Waals surface area contributed by atoms with E-state index in [1.165, 1.54) is 28.4 Å². The molecule has 25 heavy (non-hydrogen) atoms. The van der Waals surface area contributed by atoms with Crippen molar-refractivity contribution in [2.45, 2.75) is 0 Å². The van der Waals surface area contributed by atoms with Crippen molar-refractivity contribution in [3.8, 4) is 0 Å². The van der Waals surface area contributed by atoms with Crippen LogP contribution in [0.3, 0.4) is 0 Å². The molecule has 0 bridgehead atoms. The van der Waals surface area contributed by atoms with E-state index in [2.05, 4.69) is 18.1 Å². The fourth-order valence-electron chi connectivity index (χ4n) is 0.720. The third-order valence-electron chi connectivity index (χ3n) is 1.65. The number of rotatable bonds is 7. The van der Waals surface area contributed by atoms with E-state index in [9.17, 15) is 9.13 Å². The maximum atomic E-state index is 9.88. The second-order valence-electron chi connectivity index (χ2n) is 3.00. The molecular formula is C12H27CoO9P3+2. The molecule has 0 aromatic heterocycles. The molecule has 0 spiro atoms. The number of hydrogen-bond donors (Lipinski definition) is 0. The Morgan fingerprint density at radius 3 is 1.00 bits per heavy atom. The molecule has 0 amide bonds. The molecule has 0 heterocycles. The van der Waals surface area contributed by atoms with Crippen molar-refractivity contribution in [3.05, 3.63) is 30.3 Å². The Morgan fingerprint density at radius 1 is 0.680 bits per heavy atom. The molecule has 1 rings (SSSR count). The third-order valence-corrected chi connectivity index (χ3v) is 3.84. The van der Waals surface area contributed by atoms with Crippen molar-refractivity contribution >= 4 is 25.1 Å². The van der Waals surface area contributed by atoms with Crippen LogP contribution in [0.1, 0.15) is 0 Å². The zero-order valence-electron chi connectivity index (χ0n) is 15.3. The topological polar surface area (TPSA) is 98.8 Å². The quantitative estimate of drug-likeness (QED) is 0.433. The van der Waals surface area contributed by atoms with E-state index in [-0.39, 0.29) is 16.8 Å². The average molecular weight is 467 g/mol. The average Bonchev–Trinajstić information content (AvgIpc) is 3.22. The molecular weight excluding hydrogens is 440 g/mol. The Balaban J connectivity index is -0.000000117. The largest absolute Gasteiger partial charge is 0.696 e. The third kappa shape index (κ3) is 32.4. The predicted molar refractivity (Wildman–Crippen MR) is 94.6 cm³/mol. The summed E-state index contributed by atoms with van der Waals surface area (Å²) in [6, 6.07) is 10.0. The van der Waals surface area contributed by atoms with Crippen LogP contribution in [0, 0.1) is 0 Å². The van der Waals surface area contributed by atoms with Crippen LogP contribution >= 0.6 is 25.1 Å². The van der Waals surface area contributed by atoms with Gasteiger partial charge in [-0.15, -0.1) is 18.1 Å². The molecule has 0 unspecified atom stereocenters. The van der Waals surface area contributed by atoms with Gasteiger partial charge in [0, 0.05) is 25.9 Å². The van der Waals surface area contributed by atoms with Gasteiger partial charge in [0.15, 0.2) is 0 Å². The van der Waals surface area contributed by atoms with E-state index in [0.29, 0.717) is 0 Å². The Morgan fingerprint density at radius 2 is 0.960 bits per heavy atom. The van der Waals surface area contributed by atoms with Crippen LogP contribution in [0.2, 0.25) is 0 Å². The fraction of sp³-hybridized carbons (Fsp3) is 0.583. The second-order valence-corrected chi connectivity index (χ2v) is 7.08. The van der Waals surface area contributed by atoms with Crippen LogP contribution in [-0.4, -0.2) is 49.8 Å². The molecule has 0 atom stereocenters. The molecule has 1 radical (unpaired) electrons. The van der Waals surface area contributed by atoms with E-state index < -0.39 is 25.1 Å². The molecule has 1 aromatic rings. The van der Waals surface area contributed by atoms with Crippen LogP contribution in [0.4, 0.5) is 0 Å². The van der Waals surface area contributed by atoms with Crippen molar-refractivity contribution in [2.75, 3.05) is 49.8 Å². The summed E-state index contributed by atoms with van der Waals surface area (Å²) in [4.78, 5) is 0. The van der Waals surface area contributed by atoms with Gasteiger partial charge in [-0.1, -0.05) is 0 Å². The first kappa shape index (κ1) is 32.8. The molecule has 13 heteroatoms. The maximum Gasteiger partial charge on any atom is 0.696 e. The molecule has 0 aliphatic heterocycles. The normalized spacial score (nSPS) is 8.48. The molecule has 0 aliphatic rings. The zero-order valence-corrected chi connectivity index (χ0v) is 19.1. The van der Waals surface area contributed by atoms with E-state index in [1.54, 1.807) is 21.3 Å². The summed E-state index contributed by atoms with van der Waals surface area (Å²) in [6.07, 6.45) is 0. The van der Waals surface area contributed by atoms with Gasteiger partial charge in [0.25, 0.3) is 0 Å². The van der Waals surface area contributed by atoms with Gasteiger partial charge in [-0.05, 0) is 0 Å². The molecule has 0 fully saturated rings. The van der Waals surface area contributed by atoms with Crippen LogP contribution < -0.4 is 0 Å². The van der Waals surface area contributed by atoms with Gasteiger partial charge in [-0.2, -0.15) is 31.8 Å². The molecule has 0 N–H and O–H groups in total. The van der Waals surface area contributed by atoms with Gasteiger partial charge in [0.2, 0.25) is 0 Å². The van der Waals surface area contributed by atoms with Gasteiger partial charge in [0.1, 0.15) is 0 Å². The Hall–Kier alpha value is 0.206. The van der Waals surface area contributed by atoms with Crippen LogP contribution in [0.15, 0.2) is 30.3 Å². The van der Waals surface area contributed by atoms with Gasteiger partial charge >= 0.3 is 25.1 Å². The van der Waals surface area contributed by atoms with Crippen molar-refractivity contribution < 1.29 is 57.6 Å². The minimum atomic E-state index is -1.83. The summed E-state index contributed by atoms with van der Waals surface area (Å²) in [7, 11) is 4.94. The van der Waals surface area contributed by atoms with Crippen molar-refractivity contribution in [2.24, 2.45) is 0 Å². The first-order valence-corrected chi connectivity index (χ1v) is 9.65. The van der Waals surface area contributed by atoms with Gasteiger partial charge < -0.3 is 0 Å². The van der Waals surface area contributed by atoms with Gasteiger partial charge in [0.05, 0.1) is 49.8 Å². The van der Waals surface area contributed by atoms with Crippen molar-refractivity contribution in [3.63, 3.8) is 0 Å². The smallest absolute Gasteiger partial charge is 0.214 e. The monoisotopic (exact) mass is 467 g/mol. The summed E-state index contributed by atoms with van der Waals surface area (Å²) in [5, 5.41) is 0. The predicted octanol–water partition coefficient (Wildman–Crippen LogP) is 4.16. The van der Waals surface area contributed by atoms with Crippen LogP contribution in [-0.2, 0) is 57.6 Å². The van der Waals surface area contributed by atoms with E-state index in [0.717, 1.165) is 0 Å². The fourth-order valence-corrected chi connectivity index (χ4v) is 1.52. The minimum absolute atomic E-state index is 0. The van der Waals surface area contributed by atoms with Crippen molar-refractivity contribution in [1.29, 1.82) is 0 Å². The van der Waals surface area contributed by atoms with Gasteiger partial charge in [-0.25, -0.2) is 12.1 Å². The standard InChI is InChI=1S/C5H5.C3H10O3P.2C2H6O3P.Co/c1-2-4-5-3-1;1-4-7(5-2)6-3;2*1-4-6(3)5-2;/h1-5H;7H,1-3H3;2*1-2H3;/q-1;3*+1;. The number of hydrogen-bond acceptors (Lipinski definition) is 9. The Bertz CT molecular complexity index is 314. The molecule has 9 nitrogen and oxygen atoms in total. The van der Waals surface area contributed by atoms with Crippen molar-refractivity contribution in [1.82, 2.24) is 0 Å². The first-order valence-electron chi connectivity index (χ1n) is 6.23. The summed E-state index contributed by atoms with van der Waals surface area (Å²) >= 11 is 0. The second kappa shape index (κ2) is 29.0. The molecule has 151 valence electrons. The van der Waals surface area contributed by atoms with E-state index >= 15 is 0 Å².